The van der Waals surface area contributed by atoms with Crippen LogP contribution in [0.5, 0.6) is 0 Å². The lowest BCUT2D eigenvalue weighted by Gasteiger charge is -2.06. The molecule has 0 unspecified atom stereocenters. The minimum Gasteiger partial charge on any atom is -0.378 e. The molecule has 0 aliphatic rings. The minimum absolute atomic E-state index is 0.388. The second-order valence-electron chi connectivity index (χ2n) is 3.86. The number of imidazole rings is 1. The van der Waals surface area contributed by atoms with Gasteiger partial charge in [0.25, 0.3) is 0 Å². The Labute approximate surface area is 93.9 Å². The average Bonchev–Trinajstić information content (AvgIpc) is 2.57. The van der Waals surface area contributed by atoms with Gasteiger partial charge in [0, 0.05) is 12.8 Å². The summed E-state index contributed by atoms with van der Waals surface area (Å²) in [6, 6.07) is 4.02. The van der Waals surface area contributed by atoms with Gasteiger partial charge >= 0.3 is 0 Å². The summed E-state index contributed by atoms with van der Waals surface area (Å²) in [6.45, 7) is 4.40. The molecular formula is C12H14N2O2. The molecular weight excluding hydrogens is 204 g/mol. The Morgan fingerprint density at radius 2 is 2.19 bits per heavy atom. The van der Waals surface area contributed by atoms with Gasteiger partial charge in [0.15, 0.2) is 6.29 Å². The maximum absolute atomic E-state index is 10.9. The van der Waals surface area contributed by atoms with Crippen molar-refractivity contribution in [2.75, 3.05) is 7.11 Å². The number of hydrogen-bond acceptors (Lipinski definition) is 3. The zero-order chi connectivity index (χ0) is 11.7. The molecule has 2 rings (SSSR count). The van der Waals surface area contributed by atoms with Crippen LogP contribution in [0.1, 0.15) is 27.4 Å². The number of ether oxygens (including phenoxy) is 1. The maximum atomic E-state index is 10.9. The summed E-state index contributed by atoms with van der Waals surface area (Å²) in [4.78, 5) is 15.2. The summed E-state index contributed by atoms with van der Waals surface area (Å²) in [5.41, 5.74) is 4.26. The number of hydrogen-bond donors (Lipinski definition) is 0. The number of aldehydes is 1. The van der Waals surface area contributed by atoms with Gasteiger partial charge in [0.2, 0.25) is 0 Å². The molecule has 0 aliphatic carbocycles. The maximum Gasteiger partial charge on any atom is 0.170 e. The number of carbonyl (C=O) groups excluding carboxylic acids is 1. The first-order valence-electron chi connectivity index (χ1n) is 5.10. The van der Waals surface area contributed by atoms with E-state index in [1.807, 2.05) is 24.3 Å². The van der Waals surface area contributed by atoms with Crippen LogP contribution in [0, 0.1) is 13.8 Å². The molecule has 2 aromatic rings. The first kappa shape index (κ1) is 10.8. The van der Waals surface area contributed by atoms with Gasteiger partial charge in [-0.25, -0.2) is 4.98 Å². The van der Waals surface area contributed by atoms with Crippen molar-refractivity contribution in [1.82, 2.24) is 9.38 Å². The molecule has 4 nitrogen and oxygen atoms in total. The molecule has 0 atom stereocenters. The van der Waals surface area contributed by atoms with Crippen molar-refractivity contribution in [3.63, 3.8) is 0 Å². The lowest BCUT2D eigenvalue weighted by atomic mass is 10.2. The predicted octanol–water partition coefficient (Wildman–Crippen LogP) is 1.91. The fourth-order valence-corrected chi connectivity index (χ4v) is 1.99. The van der Waals surface area contributed by atoms with Gasteiger partial charge in [-0.15, -0.1) is 0 Å². The van der Waals surface area contributed by atoms with Gasteiger partial charge in [0.1, 0.15) is 11.3 Å². The number of methoxy groups -OCH3 is 1. The Morgan fingerprint density at radius 3 is 2.81 bits per heavy atom. The molecule has 0 spiro atoms. The number of aromatic nitrogens is 2. The van der Waals surface area contributed by atoms with Gasteiger partial charge in [-0.2, -0.15) is 0 Å². The third kappa shape index (κ3) is 1.61. The Kier molecular flexibility index (Phi) is 2.75. The van der Waals surface area contributed by atoms with Crippen molar-refractivity contribution < 1.29 is 9.53 Å². The molecule has 0 amide bonds. The number of fused-ring (bicyclic) bond motifs is 1. The van der Waals surface area contributed by atoms with E-state index in [4.69, 9.17) is 4.74 Å². The average molecular weight is 218 g/mol. The molecule has 0 radical (unpaired) electrons. The van der Waals surface area contributed by atoms with Crippen LogP contribution in [0.4, 0.5) is 0 Å². The highest BCUT2D eigenvalue weighted by Crippen LogP contribution is 2.16. The number of carbonyl (C=O) groups is 1. The third-order valence-electron chi connectivity index (χ3n) is 2.57. The van der Waals surface area contributed by atoms with Crippen LogP contribution < -0.4 is 0 Å². The number of nitrogens with zero attached hydrogens (tertiary/aromatic N) is 2. The molecule has 0 fully saturated rings. The molecule has 16 heavy (non-hydrogen) atoms. The van der Waals surface area contributed by atoms with Crippen LogP contribution in [-0.4, -0.2) is 22.8 Å². The molecule has 0 aromatic carbocycles. The molecule has 84 valence electrons. The fraction of sp³-hybridized carbons (Fsp3) is 0.333. The van der Waals surface area contributed by atoms with Crippen LogP contribution in [0.2, 0.25) is 0 Å². The second-order valence-corrected chi connectivity index (χ2v) is 3.86. The van der Waals surface area contributed by atoms with E-state index in [1.165, 1.54) is 0 Å². The highest BCUT2D eigenvalue weighted by atomic mass is 16.5. The predicted molar refractivity (Wildman–Crippen MR) is 60.8 cm³/mol. The monoisotopic (exact) mass is 218 g/mol. The molecule has 0 saturated carbocycles. The Balaban J connectivity index is 2.78. The van der Waals surface area contributed by atoms with Gasteiger partial charge in [-0.3, -0.25) is 9.20 Å². The van der Waals surface area contributed by atoms with E-state index in [0.717, 1.165) is 28.9 Å². The van der Waals surface area contributed by atoms with Crippen molar-refractivity contribution in [3.05, 3.63) is 34.8 Å². The highest BCUT2D eigenvalue weighted by Gasteiger charge is 2.12. The topological polar surface area (TPSA) is 43.6 Å². The normalized spacial score (nSPS) is 10.9. The summed E-state index contributed by atoms with van der Waals surface area (Å²) >= 11 is 0. The van der Waals surface area contributed by atoms with Gasteiger partial charge in [-0.1, -0.05) is 0 Å². The van der Waals surface area contributed by atoms with Crippen LogP contribution >= 0.6 is 0 Å². The van der Waals surface area contributed by atoms with Crippen LogP contribution in [0.25, 0.3) is 5.65 Å². The largest absolute Gasteiger partial charge is 0.378 e. The first-order valence-corrected chi connectivity index (χ1v) is 5.10. The van der Waals surface area contributed by atoms with E-state index >= 15 is 0 Å². The molecule has 2 aromatic heterocycles. The zero-order valence-corrected chi connectivity index (χ0v) is 9.65. The fourth-order valence-electron chi connectivity index (χ4n) is 1.99. The standard InChI is InChI=1S/C12H14N2O2/c1-8-4-9(2)14-11(7-16-3)10(6-15)13-12(14)5-8/h4-6H,7H2,1-3H3. The second kappa shape index (κ2) is 4.06. The van der Waals surface area contributed by atoms with Crippen molar-refractivity contribution in [2.45, 2.75) is 20.5 Å². The molecule has 4 heteroatoms. The van der Waals surface area contributed by atoms with Crippen LogP contribution in [-0.2, 0) is 11.3 Å². The summed E-state index contributed by atoms with van der Waals surface area (Å²) in [6.07, 6.45) is 0.774. The van der Waals surface area contributed by atoms with Crippen molar-refractivity contribution in [2.24, 2.45) is 0 Å². The third-order valence-corrected chi connectivity index (χ3v) is 2.57. The van der Waals surface area contributed by atoms with E-state index in [1.54, 1.807) is 7.11 Å². The highest BCUT2D eigenvalue weighted by molar-refractivity contribution is 5.76. The summed E-state index contributed by atoms with van der Waals surface area (Å²) in [5, 5.41) is 0. The minimum atomic E-state index is 0.388. The Hall–Kier alpha value is -1.68. The van der Waals surface area contributed by atoms with Crippen molar-refractivity contribution in [3.8, 4) is 0 Å². The molecule has 0 aliphatic heterocycles. The van der Waals surface area contributed by atoms with Gasteiger partial charge in [-0.05, 0) is 31.5 Å². The summed E-state index contributed by atoms with van der Waals surface area (Å²) < 4.78 is 7.06. The summed E-state index contributed by atoms with van der Waals surface area (Å²) in [7, 11) is 1.61. The summed E-state index contributed by atoms with van der Waals surface area (Å²) in [5.74, 6) is 0. The van der Waals surface area contributed by atoms with Gasteiger partial charge in [0.05, 0.1) is 12.3 Å². The number of pyridine rings is 1. The van der Waals surface area contributed by atoms with Crippen molar-refractivity contribution in [1.29, 1.82) is 0 Å². The van der Waals surface area contributed by atoms with Crippen molar-refractivity contribution >= 4 is 11.9 Å². The molecule has 0 bridgehead atoms. The molecule has 0 N–H and O–H groups in total. The first-order chi connectivity index (χ1) is 7.67. The van der Waals surface area contributed by atoms with Gasteiger partial charge < -0.3 is 4.74 Å². The number of aryl methyl sites for hydroxylation is 2. The zero-order valence-electron chi connectivity index (χ0n) is 9.65. The van der Waals surface area contributed by atoms with E-state index < -0.39 is 0 Å². The lowest BCUT2D eigenvalue weighted by Crippen LogP contribution is -2.01. The quantitative estimate of drug-likeness (QED) is 0.739. The molecule has 0 saturated heterocycles. The van der Waals surface area contributed by atoms with Crippen LogP contribution in [0.3, 0.4) is 0 Å². The van der Waals surface area contributed by atoms with E-state index in [-0.39, 0.29) is 0 Å². The Bertz CT molecular complexity index is 543. The lowest BCUT2D eigenvalue weighted by molar-refractivity contribution is 0.111. The SMILES string of the molecule is COCc1c(C=O)nc2cc(C)cc(C)n12. The number of rotatable bonds is 3. The molecule has 2 heterocycles. The van der Waals surface area contributed by atoms with E-state index in [2.05, 4.69) is 11.1 Å². The van der Waals surface area contributed by atoms with E-state index in [0.29, 0.717) is 12.3 Å². The van der Waals surface area contributed by atoms with Crippen LogP contribution in [0.15, 0.2) is 12.1 Å². The Morgan fingerprint density at radius 1 is 1.44 bits per heavy atom. The van der Waals surface area contributed by atoms with E-state index in [9.17, 15) is 4.79 Å². The smallest absolute Gasteiger partial charge is 0.170 e.